The summed E-state index contributed by atoms with van der Waals surface area (Å²) in [6.07, 6.45) is 11.8. The first-order valence-corrected chi connectivity index (χ1v) is 17.7. The van der Waals surface area contributed by atoms with E-state index in [1.807, 2.05) is 6.07 Å². The first kappa shape index (κ1) is 29.2. The highest BCUT2D eigenvalue weighted by molar-refractivity contribution is 7.16. The van der Waals surface area contributed by atoms with E-state index >= 15 is 0 Å². The Bertz CT molecular complexity index is 1650. The quantitative estimate of drug-likeness (QED) is 0.407. The first-order chi connectivity index (χ1) is 21.8. The average Bonchev–Trinajstić information content (AvgIpc) is 3.73. The van der Waals surface area contributed by atoms with E-state index in [4.69, 9.17) is 30.1 Å². The minimum Gasteiger partial charge on any atom is -0.473 e. The standard InChI is InChI=1S/C34H44N8O2S/c1-21(24-9-6-15-40(24)2)43-27-18-26(42-17-16-41(3)33(20-42)11-7-12-33)37-32(38-27)29-22-8-4-13-34(30(22)39-44-29)14-5-10-25-28(34)23(19-35)31(36)45-25/h18,21,24H,4-17,20,36H2,1-3H3/t21-,24-,34-/m0/s1. The highest BCUT2D eigenvalue weighted by atomic mass is 32.1. The maximum atomic E-state index is 10.1. The highest BCUT2D eigenvalue weighted by Crippen LogP contribution is 2.55. The van der Waals surface area contributed by atoms with Crippen molar-refractivity contribution in [3.63, 3.8) is 0 Å². The van der Waals surface area contributed by atoms with E-state index in [-0.39, 0.29) is 17.1 Å². The van der Waals surface area contributed by atoms with Crippen LogP contribution >= 0.6 is 11.3 Å². The molecule has 1 saturated carbocycles. The van der Waals surface area contributed by atoms with Crippen LogP contribution < -0.4 is 15.4 Å². The number of nitrogens with two attached hydrogens (primary N) is 1. The van der Waals surface area contributed by atoms with Crippen LogP contribution in [0.3, 0.4) is 0 Å². The van der Waals surface area contributed by atoms with E-state index in [0.29, 0.717) is 34.1 Å². The van der Waals surface area contributed by atoms with Crippen LogP contribution in [0.25, 0.3) is 11.6 Å². The molecule has 0 radical (unpaired) electrons. The third-order valence-electron chi connectivity index (χ3n) is 11.8. The molecule has 8 rings (SSSR count). The fourth-order valence-corrected chi connectivity index (χ4v) is 10.3. The van der Waals surface area contributed by atoms with E-state index in [9.17, 15) is 5.26 Å². The van der Waals surface area contributed by atoms with Crippen molar-refractivity contribution in [3.05, 3.63) is 33.3 Å². The number of nitrogen functional groups attached to an aromatic ring is 1. The molecule has 10 nitrogen and oxygen atoms in total. The molecule has 3 aliphatic carbocycles. The van der Waals surface area contributed by atoms with Gasteiger partial charge in [-0.1, -0.05) is 5.16 Å². The summed E-state index contributed by atoms with van der Waals surface area (Å²) in [5.74, 6) is 2.68. The Labute approximate surface area is 269 Å². The minimum atomic E-state index is -0.353. The lowest BCUT2D eigenvalue weighted by Crippen LogP contribution is -2.64. The molecule has 3 fully saturated rings. The van der Waals surface area contributed by atoms with Crippen LogP contribution in [0.1, 0.15) is 92.0 Å². The molecule has 3 aromatic heterocycles. The van der Waals surface area contributed by atoms with Crippen LogP contribution in [0.15, 0.2) is 10.6 Å². The van der Waals surface area contributed by atoms with Crippen molar-refractivity contribution in [3.8, 4) is 23.5 Å². The summed E-state index contributed by atoms with van der Waals surface area (Å²) in [5.41, 5.74) is 10.0. The second-order valence-electron chi connectivity index (χ2n) is 14.2. The molecular formula is C34H44N8O2S. The molecule has 0 bridgehead atoms. The normalized spacial score (nSPS) is 26.8. The Kier molecular flexibility index (Phi) is 7.11. The number of ether oxygens (including phenoxy) is 1. The van der Waals surface area contributed by atoms with Gasteiger partial charge in [0.1, 0.15) is 23.0 Å². The Morgan fingerprint density at radius 1 is 1.09 bits per heavy atom. The molecule has 2 aliphatic heterocycles. The van der Waals surface area contributed by atoms with Gasteiger partial charge in [-0.2, -0.15) is 10.2 Å². The lowest BCUT2D eigenvalue weighted by Gasteiger charge is -2.55. The predicted octanol–water partition coefficient (Wildman–Crippen LogP) is 5.14. The number of aromatic nitrogens is 3. The summed E-state index contributed by atoms with van der Waals surface area (Å²) in [4.78, 5) is 18.8. The van der Waals surface area contributed by atoms with Gasteiger partial charge < -0.3 is 19.9 Å². The van der Waals surface area contributed by atoms with E-state index < -0.39 is 0 Å². The summed E-state index contributed by atoms with van der Waals surface area (Å²) >= 11 is 1.57. The topological polar surface area (TPSA) is 121 Å². The summed E-state index contributed by atoms with van der Waals surface area (Å²) in [6, 6.07) is 4.83. The Morgan fingerprint density at radius 2 is 1.91 bits per heavy atom. The van der Waals surface area contributed by atoms with E-state index in [1.54, 1.807) is 11.3 Å². The molecule has 0 amide bonds. The number of anilines is 2. The van der Waals surface area contributed by atoms with Crippen LogP contribution in [-0.4, -0.2) is 82.9 Å². The summed E-state index contributed by atoms with van der Waals surface area (Å²) < 4.78 is 12.9. The maximum Gasteiger partial charge on any atom is 0.219 e. The monoisotopic (exact) mass is 628 g/mol. The maximum absolute atomic E-state index is 10.1. The third kappa shape index (κ3) is 4.58. The fourth-order valence-electron chi connectivity index (χ4n) is 9.15. The van der Waals surface area contributed by atoms with Gasteiger partial charge in [-0.3, -0.25) is 9.80 Å². The van der Waals surface area contributed by atoms with Crippen molar-refractivity contribution in [2.75, 3.05) is 50.9 Å². The van der Waals surface area contributed by atoms with Gasteiger partial charge in [0, 0.05) is 53.1 Å². The highest BCUT2D eigenvalue weighted by Gasteiger charge is 2.49. The van der Waals surface area contributed by atoms with Crippen molar-refractivity contribution in [2.45, 2.75) is 101 Å². The van der Waals surface area contributed by atoms with Gasteiger partial charge in [0.2, 0.25) is 17.5 Å². The lowest BCUT2D eigenvalue weighted by molar-refractivity contribution is 0.0283. The molecule has 0 unspecified atom stereocenters. The number of hydrogen-bond donors (Lipinski definition) is 1. The second-order valence-corrected chi connectivity index (χ2v) is 15.3. The zero-order valence-corrected chi connectivity index (χ0v) is 27.6. The Morgan fingerprint density at radius 3 is 2.64 bits per heavy atom. The number of nitriles is 1. The molecule has 0 aromatic carbocycles. The van der Waals surface area contributed by atoms with Crippen LogP contribution in [-0.2, 0) is 18.3 Å². The van der Waals surface area contributed by atoms with Crippen LogP contribution in [0.2, 0.25) is 0 Å². The van der Waals surface area contributed by atoms with E-state index in [0.717, 1.165) is 93.8 Å². The summed E-state index contributed by atoms with van der Waals surface area (Å²) in [6.45, 7) is 6.13. The number of likely N-dealkylation sites (N-methyl/N-ethyl adjacent to an activating group) is 2. The molecule has 238 valence electrons. The molecule has 45 heavy (non-hydrogen) atoms. The first-order valence-electron chi connectivity index (χ1n) is 16.9. The van der Waals surface area contributed by atoms with Crippen LogP contribution in [0, 0.1) is 11.3 Å². The van der Waals surface area contributed by atoms with Crippen molar-refractivity contribution >= 4 is 22.2 Å². The van der Waals surface area contributed by atoms with Gasteiger partial charge in [0.05, 0.1) is 11.3 Å². The second kappa shape index (κ2) is 11.0. The molecule has 5 heterocycles. The Hall–Kier alpha value is -3.20. The molecule has 3 atom stereocenters. The summed E-state index contributed by atoms with van der Waals surface area (Å²) in [7, 11) is 4.45. The molecule has 3 aromatic rings. The number of aryl methyl sites for hydroxylation is 1. The van der Waals surface area contributed by atoms with Gasteiger partial charge in [0.15, 0.2) is 0 Å². The zero-order valence-electron chi connectivity index (χ0n) is 26.8. The number of likely N-dealkylation sites (tertiary alicyclic amines) is 1. The number of nitrogens with zero attached hydrogens (tertiary/aromatic N) is 7. The average molecular weight is 629 g/mol. The van der Waals surface area contributed by atoms with Crippen molar-refractivity contribution in [1.29, 1.82) is 5.26 Å². The number of rotatable bonds is 5. The van der Waals surface area contributed by atoms with Crippen molar-refractivity contribution < 1.29 is 9.26 Å². The van der Waals surface area contributed by atoms with Crippen molar-refractivity contribution in [1.82, 2.24) is 24.9 Å². The molecular weight excluding hydrogens is 584 g/mol. The van der Waals surface area contributed by atoms with Crippen LogP contribution in [0.4, 0.5) is 10.8 Å². The zero-order chi connectivity index (χ0) is 30.9. The molecule has 5 aliphatic rings. The minimum absolute atomic E-state index is 0.000383. The number of piperazine rings is 1. The molecule has 11 heteroatoms. The number of fused-ring (bicyclic) bond motifs is 4. The SMILES string of the molecule is C[C@H](Oc1cc(N2CCN(C)C3(CCC3)C2)nc(-c2onc3c2CCC[C@@]32CCCc3sc(N)c(C#N)c32)n1)[C@@H]1CCCN1C. The smallest absolute Gasteiger partial charge is 0.219 e. The number of thiophene rings is 1. The lowest BCUT2D eigenvalue weighted by atomic mass is 9.62. The van der Waals surface area contributed by atoms with Gasteiger partial charge in [-0.05, 0) is 104 Å². The van der Waals surface area contributed by atoms with Gasteiger partial charge in [-0.25, -0.2) is 4.98 Å². The fraction of sp³-hybridized carbons (Fsp3) is 0.647. The Balaban J connectivity index is 1.21. The van der Waals surface area contributed by atoms with Gasteiger partial charge >= 0.3 is 0 Å². The molecule has 2 spiro atoms. The van der Waals surface area contributed by atoms with Gasteiger partial charge in [-0.15, -0.1) is 11.3 Å². The largest absolute Gasteiger partial charge is 0.473 e. The van der Waals surface area contributed by atoms with E-state index in [2.05, 4.69) is 41.8 Å². The predicted molar refractivity (Wildman–Crippen MR) is 175 cm³/mol. The third-order valence-corrected chi connectivity index (χ3v) is 12.9. The van der Waals surface area contributed by atoms with E-state index in [1.165, 1.54) is 30.6 Å². The van der Waals surface area contributed by atoms with Crippen LogP contribution in [0.5, 0.6) is 5.88 Å². The molecule has 2 N–H and O–H groups in total. The van der Waals surface area contributed by atoms with Crippen molar-refractivity contribution in [2.24, 2.45) is 0 Å². The summed E-state index contributed by atoms with van der Waals surface area (Å²) in [5, 5.41) is 15.5. The molecule has 2 saturated heterocycles. The number of hydrogen-bond acceptors (Lipinski definition) is 11. The van der Waals surface area contributed by atoms with Gasteiger partial charge in [0.25, 0.3) is 0 Å².